The summed E-state index contributed by atoms with van der Waals surface area (Å²) in [5.74, 6) is 2.08. The van der Waals surface area contributed by atoms with Crippen molar-refractivity contribution in [2.75, 3.05) is 20.6 Å². The highest BCUT2D eigenvalue weighted by Gasteiger charge is 2.01. The van der Waals surface area contributed by atoms with E-state index in [1.807, 2.05) is 0 Å². The molecule has 0 fully saturated rings. The van der Waals surface area contributed by atoms with E-state index in [-0.39, 0.29) is 0 Å². The summed E-state index contributed by atoms with van der Waals surface area (Å²) in [4.78, 5) is 0. The Kier molecular flexibility index (Phi) is 4.97. The van der Waals surface area contributed by atoms with E-state index >= 15 is 0 Å². The fraction of sp³-hybridized carbons (Fsp3) is 0.875. The van der Waals surface area contributed by atoms with Crippen LogP contribution in [0.4, 0.5) is 0 Å². The Balaban J connectivity index is 3.48. The summed E-state index contributed by atoms with van der Waals surface area (Å²) in [6.45, 7) is 3.26. The van der Waals surface area contributed by atoms with Gasteiger partial charge in [-0.25, -0.2) is 5.26 Å². The maximum Gasteiger partial charge on any atom is 0.126 e. The van der Waals surface area contributed by atoms with Crippen molar-refractivity contribution in [1.29, 1.82) is 5.26 Å². The largest absolute Gasteiger partial charge is 0.553 e. The topological polar surface area (TPSA) is 23.8 Å². The average Bonchev–Trinajstić information content (AvgIpc) is 1.87. The number of quaternary nitrogens is 1. The van der Waals surface area contributed by atoms with Crippen LogP contribution in [0.25, 0.3) is 0 Å². The quantitative estimate of drug-likeness (QED) is 0.431. The molecule has 0 amide bonds. The zero-order chi connectivity index (χ0) is 8.74. The first kappa shape index (κ1) is 10.5. The molecule has 0 N–H and O–H groups in total. The second kappa shape index (κ2) is 5.20. The maximum atomic E-state index is 8.44. The molecule has 3 heteroatoms. The van der Waals surface area contributed by atoms with Crippen LogP contribution in [0.3, 0.4) is 0 Å². The summed E-state index contributed by atoms with van der Waals surface area (Å²) in [7, 11) is 5.79. The van der Waals surface area contributed by atoms with Gasteiger partial charge in [-0.2, -0.15) is 0 Å². The Morgan fingerprint density at radius 2 is 2.00 bits per heavy atom. The Labute approximate surface area is 70.7 Å². The fourth-order valence-corrected chi connectivity index (χ4v) is 0.990. The molecule has 0 bridgehead atoms. The minimum atomic E-state index is 0.719. The van der Waals surface area contributed by atoms with Crippen LogP contribution in [0.2, 0.25) is 0 Å². The molecule has 0 aliphatic rings. The minimum absolute atomic E-state index is 0.719. The first-order valence-electron chi connectivity index (χ1n) is 4.19. The Bertz CT molecular complexity index is 138. The van der Waals surface area contributed by atoms with E-state index in [9.17, 15) is 0 Å². The average molecular weight is 152 g/mol. The van der Waals surface area contributed by atoms with Crippen molar-refractivity contribution in [1.82, 2.24) is 0 Å². The predicted octanol–water partition coefficient (Wildman–Crippen LogP) is 1.35. The summed E-state index contributed by atoms with van der Waals surface area (Å²) in [6.07, 6.45) is 3.72. The molecule has 0 aromatic heterocycles. The third-order valence-corrected chi connectivity index (χ3v) is 1.75. The molecule has 0 saturated carbocycles. The van der Waals surface area contributed by atoms with Gasteiger partial charge in [-0.3, -0.25) is 0 Å². The van der Waals surface area contributed by atoms with Crippen LogP contribution in [0.1, 0.15) is 26.2 Å². The van der Waals surface area contributed by atoms with Crippen molar-refractivity contribution in [2.24, 2.45) is 0 Å². The lowest BCUT2D eigenvalue weighted by atomic mass is 9.91. The van der Waals surface area contributed by atoms with Crippen LogP contribution in [-0.4, -0.2) is 32.4 Å². The molecule has 0 rings (SSSR count). The molecule has 0 saturated heterocycles. The number of nitrogens with zero attached hydrogens (tertiary/aromatic N) is 2. The van der Waals surface area contributed by atoms with Crippen molar-refractivity contribution >= 4 is 7.41 Å². The van der Waals surface area contributed by atoms with Gasteiger partial charge in [0, 0.05) is 20.6 Å². The molecular weight excluding hydrogens is 135 g/mol. The molecule has 0 atom stereocenters. The molecular formula is C8H17BN2. The Morgan fingerprint density at radius 3 is 2.45 bits per heavy atom. The van der Waals surface area contributed by atoms with Crippen molar-refractivity contribution in [3.05, 3.63) is 0 Å². The van der Waals surface area contributed by atoms with Crippen LogP contribution in [0.5, 0.6) is 0 Å². The lowest BCUT2D eigenvalue weighted by Crippen LogP contribution is -2.43. The molecule has 0 aliphatic carbocycles. The summed E-state index contributed by atoms with van der Waals surface area (Å²) in [5.41, 5.74) is 0. The van der Waals surface area contributed by atoms with E-state index in [0.29, 0.717) is 0 Å². The molecule has 62 valence electrons. The summed E-state index contributed by atoms with van der Waals surface area (Å²) < 4.78 is 0.719. The van der Waals surface area contributed by atoms with E-state index in [1.165, 1.54) is 19.3 Å². The normalized spacial score (nSPS) is 11.1. The highest BCUT2D eigenvalue weighted by molar-refractivity contribution is 6.36. The van der Waals surface area contributed by atoms with E-state index < -0.39 is 0 Å². The molecule has 0 spiro atoms. The van der Waals surface area contributed by atoms with Crippen molar-refractivity contribution < 1.29 is 4.39 Å². The first-order chi connectivity index (χ1) is 5.12. The van der Waals surface area contributed by atoms with Crippen LogP contribution in [-0.2, 0) is 0 Å². The van der Waals surface area contributed by atoms with Crippen LogP contribution in [0, 0.1) is 11.2 Å². The molecule has 11 heavy (non-hydrogen) atoms. The summed E-state index contributed by atoms with van der Waals surface area (Å²) >= 11 is 0. The highest BCUT2D eigenvalue weighted by Crippen LogP contribution is 2.00. The van der Waals surface area contributed by atoms with Gasteiger partial charge < -0.3 is 4.39 Å². The Hall–Kier alpha value is -0.485. The molecule has 2 radical (unpaired) electrons. The SMILES string of the molecule is CCCCC[N+](C)(C)[B-]C#N. The molecule has 0 aromatic rings. The lowest BCUT2D eigenvalue weighted by molar-refractivity contribution is -0.777. The van der Waals surface area contributed by atoms with Gasteiger partial charge in [-0.15, -0.1) is 5.97 Å². The third-order valence-electron chi connectivity index (χ3n) is 1.75. The Morgan fingerprint density at radius 1 is 1.36 bits per heavy atom. The van der Waals surface area contributed by atoms with Crippen LogP contribution >= 0.6 is 0 Å². The predicted molar refractivity (Wildman–Crippen MR) is 47.9 cm³/mol. The van der Waals surface area contributed by atoms with Gasteiger partial charge in [0.1, 0.15) is 7.41 Å². The molecule has 0 aromatic carbocycles. The number of hydrogen-bond donors (Lipinski definition) is 0. The van der Waals surface area contributed by atoms with Crippen molar-refractivity contribution in [3.63, 3.8) is 0 Å². The van der Waals surface area contributed by atoms with Crippen molar-refractivity contribution in [3.8, 4) is 5.97 Å². The zero-order valence-corrected chi connectivity index (χ0v) is 7.80. The van der Waals surface area contributed by atoms with Gasteiger partial charge >= 0.3 is 0 Å². The van der Waals surface area contributed by atoms with E-state index in [1.54, 1.807) is 7.41 Å². The standard InChI is InChI=1S/C8H17BN2/c1-4-5-6-7-11(2,3)9-8-10/h4-7H2,1-3H3. The third kappa shape index (κ3) is 5.94. The fourth-order valence-electron chi connectivity index (χ4n) is 0.990. The van der Waals surface area contributed by atoms with E-state index in [4.69, 9.17) is 5.26 Å². The smallest absolute Gasteiger partial charge is 0.126 e. The zero-order valence-electron chi connectivity index (χ0n) is 7.80. The molecule has 0 aliphatic heterocycles. The minimum Gasteiger partial charge on any atom is -0.553 e. The van der Waals surface area contributed by atoms with Gasteiger partial charge in [0.25, 0.3) is 0 Å². The monoisotopic (exact) mass is 152 g/mol. The second-order valence-electron chi connectivity index (χ2n) is 3.47. The van der Waals surface area contributed by atoms with E-state index in [2.05, 4.69) is 27.0 Å². The maximum absolute atomic E-state index is 8.44. The van der Waals surface area contributed by atoms with Gasteiger partial charge in [0.15, 0.2) is 0 Å². The second-order valence-corrected chi connectivity index (χ2v) is 3.47. The first-order valence-corrected chi connectivity index (χ1v) is 4.19. The number of hydrogen-bond acceptors (Lipinski definition) is 1. The van der Waals surface area contributed by atoms with Crippen molar-refractivity contribution in [2.45, 2.75) is 26.2 Å². The number of nitriles is 1. The van der Waals surface area contributed by atoms with Gasteiger partial charge in [-0.1, -0.05) is 13.3 Å². The summed E-state index contributed by atoms with van der Waals surface area (Å²) in [5, 5.41) is 8.44. The van der Waals surface area contributed by atoms with Gasteiger partial charge in [0.05, 0.1) is 0 Å². The highest BCUT2D eigenvalue weighted by atomic mass is 15.2. The lowest BCUT2D eigenvalue weighted by Gasteiger charge is -2.40. The molecule has 0 unspecified atom stereocenters. The number of unbranched alkanes of at least 4 members (excludes halogenated alkanes) is 2. The van der Waals surface area contributed by atoms with Crippen LogP contribution < -0.4 is 0 Å². The van der Waals surface area contributed by atoms with Gasteiger partial charge in [0.2, 0.25) is 0 Å². The van der Waals surface area contributed by atoms with Gasteiger partial charge in [-0.05, 0) is 12.8 Å². The van der Waals surface area contributed by atoms with E-state index in [0.717, 1.165) is 10.9 Å². The molecule has 2 nitrogen and oxygen atoms in total. The summed E-state index contributed by atoms with van der Waals surface area (Å²) in [6, 6.07) is 0. The molecule has 0 heterocycles. The number of rotatable bonds is 5. The van der Waals surface area contributed by atoms with Crippen LogP contribution in [0.15, 0.2) is 0 Å².